The monoisotopic (exact) mass is 572 g/mol. The van der Waals surface area contributed by atoms with Crippen LogP contribution in [0, 0.1) is 0 Å². The molecule has 13 heteroatoms. The summed E-state index contributed by atoms with van der Waals surface area (Å²) in [5.41, 5.74) is 0.999. The van der Waals surface area contributed by atoms with Crippen LogP contribution in [0.2, 0.25) is 5.02 Å². The molecule has 0 atom stereocenters. The van der Waals surface area contributed by atoms with Gasteiger partial charge in [0.2, 0.25) is 15.9 Å². The van der Waals surface area contributed by atoms with Gasteiger partial charge in [0.25, 0.3) is 0 Å². The van der Waals surface area contributed by atoms with Gasteiger partial charge in [-0.3, -0.25) is 9.69 Å². The van der Waals surface area contributed by atoms with E-state index in [2.05, 4.69) is 4.90 Å². The van der Waals surface area contributed by atoms with Crippen molar-refractivity contribution in [2.45, 2.75) is 17.5 Å². The maximum atomic E-state index is 13.4. The van der Waals surface area contributed by atoms with Crippen molar-refractivity contribution in [3.05, 3.63) is 52.5 Å². The van der Waals surface area contributed by atoms with Gasteiger partial charge in [0.05, 0.1) is 30.2 Å². The molecule has 0 aliphatic carbocycles. The molecule has 5 rings (SSSR count). The maximum Gasteiger partial charge on any atom is 0.416 e. The fraction of sp³-hybridized carbons (Fsp3) is 0.480. The van der Waals surface area contributed by atoms with Crippen LogP contribution in [-0.4, -0.2) is 89.1 Å². The number of alkyl halides is 3. The van der Waals surface area contributed by atoms with Crippen LogP contribution in [0.3, 0.4) is 0 Å². The Morgan fingerprint density at radius 1 is 0.947 bits per heavy atom. The van der Waals surface area contributed by atoms with Crippen molar-refractivity contribution < 1.29 is 31.1 Å². The Labute approximate surface area is 224 Å². The second-order valence-electron chi connectivity index (χ2n) is 9.56. The highest BCUT2D eigenvalue weighted by molar-refractivity contribution is 7.89. The molecule has 8 nitrogen and oxygen atoms in total. The number of rotatable bonds is 5. The highest BCUT2D eigenvalue weighted by Crippen LogP contribution is 2.35. The van der Waals surface area contributed by atoms with E-state index >= 15 is 0 Å². The highest BCUT2D eigenvalue weighted by Gasteiger charge is 2.34. The Balaban J connectivity index is 1.25. The average molecular weight is 573 g/mol. The summed E-state index contributed by atoms with van der Waals surface area (Å²) in [6, 6.07) is 8.19. The van der Waals surface area contributed by atoms with E-state index in [9.17, 15) is 26.4 Å². The van der Waals surface area contributed by atoms with Crippen LogP contribution >= 0.6 is 11.6 Å². The van der Waals surface area contributed by atoms with Gasteiger partial charge in [0.1, 0.15) is 0 Å². The summed E-state index contributed by atoms with van der Waals surface area (Å²) in [5, 5.41) is -0.0273. The number of hydrogen-bond donors (Lipinski definition) is 0. The fourth-order valence-electron chi connectivity index (χ4n) is 5.09. The first-order valence-corrected chi connectivity index (χ1v) is 14.2. The van der Waals surface area contributed by atoms with Crippen LogP contribution in [0.4, 0.5) is 24.5 Å². The lowest BCUT2D eigenvalue weighted by Gasteiger charge is -2.35. The zero-order valence-electron chi connectivity index (χ0n) is 20.6. The molecular formula is C25H28ClF3N4O4S. The number of fused-ring (bicyclic) bond motifs is 1. The van der Waals surface area contributed by atoms with Crippen LogP contribution in [0.15, 0.2) is 41.3 Å². The minimum absolute atomic E-state index is 0.0212. The lowest BCUT2D eigenvalue weighted by molar-refractivity contribution is -0.137. The van der Waals surface area contributed by atoms with Crippen LogP contribution in [0.25, 0.3) is 0 Å². The molecule has 0 bridgehead atoms. The molecule has 3 aliphatic rings. The normalized spacial score (nSPS) is 19.6. The van der Waals surface area contributed by atoms with Gasteiger partial charge in [-0.25, -0.2) is 8.42 Å². The smallest absolute Gasteiger partial charge is 0.379 e. The largest absolute Gasteiger partial charge is 0.416 e. The van der Waals surface area contributed by atoms with Crippen molar-refractivity contribution in [2.24, 2.45) is 0 Å². The van der Waals surface area contributed by atoms with Gasteiger partial charge >= 0.3 is 6.18 Å². The molecule has 2 fully saturated rings. The van der Waals surface area contributed by atoms with Gasteiger partial charge in [0, 0.05) is 62.2 Å². The molecule has 0 spiro atoms. The first kappa shape index (κ1) is 27.2. The molecule has 0 radical (unpaired) electrons. The van der Waals surface area contributed by atoms with Crippen molar-refractivity contribution >= 4 is 38.9 Å². The minimum Gasteiger partial charge on any atom is -0.379 e. The number of sulfonamides is 1. The number of morpholine rings is 1. The van der Waals surface area contributed by atoms with E-state index < -0.39 is 21.8 Å². The van der Waals surface area contributed by atoms with Gasteiger partial charge in [-0.15, -0.1) is 0 Å². The van der Waals surface area contributed by atoms with E-state index in [0.29, 0.717) is 51.5 Å². The second-order valence-corrected chi connectivity index (χ2v) is 11.9. The van der Waals surface area contributed by atoms with Crippen LogP contribution in [-0.2, 0) is 32.2 Å². The number of piperazine rings is 1. The number of amides is 1. The Hall–Kier alpha value is -2.38. The van der Waals surface area contributed by atoms with E-state index in [1.54, 1.807) is 21.9 Å². The fourth-order valence-corrected chi connectivity index (χ4v) is 6.79. The minimum atomic E-state index is -4.53. The third-order valence-electron chi connectivity index (χ3n) is 7.16. The van der Waals surface area contributed by atoms with Crippen LogP contribution < -0.4 is 9.80 Å². The van der Waals surface area contributed by atoms with Crippen molar-refractivity contribution in [3.63, 3.8) is 0 Å². The molecule has 0 saturated carbocycles. The standard InChI is InChI=1S/C25H28ClF3N4O4S/c26-20-14-19(25(27,28)29)15-21(16-20)31-5-7-32(8-6-31)38(35,36)22-1-2-23-18(13-22)3-4-33(23)24(34)17-30-9-11-37-12-10-30/h1-2,13-16H,3-12,17H2. The zero-order valence-corrected chi connectivity index (χ0v) is 22.2. The highest BCUT2D eigenvalue weighted by atomic mass is 35.5. The number of carbonyl (C=O) groups is 1. The number of hydrogen-bond acceptors (Lipinski definition) is 6. The SMILES string of the molecule is O=C(CN1CCOCC1)N1CCc2cc(S(=O)(=O)N3CCN(c4cc(Cl)cc(C(F)(F)F)c4)CC3)ccc21. The second kappa shape index (κ2) is 10.6. The third-order valence-corrected chi connectivity index (χ3v) is 9.27. The molecular weight excluding hydrogens is 545 g/mol. The summed E-state index contributed by atoms with van der Waals surface area (Å²) in [6.07, 6.45) is -3.96. The van der Waals surface area contributed by atoms with E-state index in [0.717, 1.165) is 23.4 Å². The van der Waals surface area contributed by atoms with E-state index in [-0.39, 0.29) is 42.0 Å². The van der Waals surface area contributed by atoms with Gasteiger partial charge in [-0.2, -0.15) is 17.5 Å². The molecule has 2 aromatic carbocycles. The van der Waals surface area contributed by atoms with Gasteiger partial charge in [-0.1, -0.05) is 11.6 Å². The molecule has 2 aromatic rings. The maximum absolute atomic E-state index is 13.4. The molecule has 38 heavy (non-hydrogen) atoms. The Morgan fingerprint density at radius 3 is 2.34 bits per heavy atom. The molecule has 206 valence electrons. The Kier molecular flexibility index (Phi) is 7.62. The van der Waals surface area contributed by atoms with E-state index in [1.807, 2.05) is 0 Å². The average Bonchev–Trinajstić information content (AvgIpc) is 3.32. The van der Waals surface area contributed by atoms with Crippen molar-refractivity contribution in [1.29, 1.82) is 0 Å². The predicted octanol–water partition coefficient (Wildman–Crippen LogP) is 3.09. The van der Waals surface area contributed by atoms with Crippen molar-refractivity contribution in [3.8, 4) is 0 Å². The lowest BCUT2D eigenvalue weighted by Crippen LogP contribution is -2.48. The van der Waals surface area contributed by atoms with E-state index in [4.69, 9.17) is 16.3 Å². The lowest BCUT2D eigenvalue weighted by atomic mass is 10.1. The molecule has 3 aliphatic heterocycles. The summed E-state index contributed by atoms with van der Waals surface area (Å²) >= 11 is 5.92. The summed E-state index contributed by atoms with van der Waals surface area (Å²) in [4.78, 5) is 18.5. The predicted molar refractivity (Wildman–Crippen MR) is 137 cm³/mol. The van der Waals surface area contributed by atoms with E-state index in [1.165, 1.54) is 16.4 Å². The molecule has 0 N–H and O–H groups in total. The zero-order chi connectivity index (χ0) is 27.1. The summed E-state index contributed by atoms with van der Waals surface area (Å²) in [6.45, 7) is 4.12. The third kappa shape index (κ3) is 5.64. The van der Waals surface area contributed by atoms with Gasteiger partial charge in [0.15, 0.2) is 0 Å². The number of benzene rings is 2. The Morgan fingerprint density at radius 2 is 1.66 bits per heavy atom. The Bertz CT molecular complexity index is 1310. The molecule has 0 aromatic heterocycles. The first-order valence-electron chi connectivity index (χ1n) is 12.4. The topological polar surface area (TPSA) is 73.4 Å². The van der Waals surface area contributed by atoms with Gasteiger partial charge in [-0.05, 0) is 48.4 Å². The van der Waals surface area contributed by atoms with Crippen molar-refractivity contribution in [1.82, 2.24) is 9.21 Å². The number of anilines is 2. The number of carbonyl (C=O) groups excluding carboxylic acids is 1. The van der Waals surface area contributed by atoms with Gasteiger partial charge < -0.3 is 14.5 Å². The first-order chi connectivity index (χ1) is 18.0. The number of ether oxygens (including phenoxy) is 1. The summed E-state index contributed by atoms with van der Waals surface area (Å²) in [5.74, 6) is -0.0212. The number of halogens is 4. The molecule has 1 amide bonds. The molecule has 0 unspecified atom stereocenters. The summed E-state index contributed by atoms with van der Waals surface area (Å²) in [7, 11) is -3.81. The quantitative estimate of drug-likeness (QED) is 0.548. The summed E-state index contributed by atoms with van der Waals surface area (Å²) < 4.78 is 73.0. The molecule has 3 heterocycles. The molecule has 2 saturated heterocycles. The van der Waals surface area contributed by atoms with Crippen molar-refractivity contribution in [2.75, 3.05) is 75.4 Å². The van der Waals surface area contributed by atoms with Crippen LogP contribution in [0.5, 0.6) is 0 Å². The van der Waals surface area contributed by atoms with Crippen LogP contribution in [0.1, 0.15) is 11.1 Å². The number of nitrogens with zero attached hydrogens (tertiary/aromatic N) is 4.